The molecule has 1 heterocycles. The molecule has 1 saturated heterocycles. The summed E-state index contributed by atoms with van der Waals surface area (Å²) < 4.78 is 5.26. The number of rotatable bonds is 2. The van der Waals surface area contributed by atoms with Gasteiger partial charge in [0.2, 0.25) is 0 Å². The van der Waals surface area contributed by atoms with E-state index in [1.807, 2.05) is 36.1 Å². The van der Waals surface area contributed by atoms with Gasteiger partial charge in [0.15, 0.2) is 5.11 Å². The fourth-order valence-corrected chi connectivity index (χ4v) is 4.15. The zero-order valence-corrected chi connectivity index (χ0v) is 15.8. The number of benzene rings is 1. The van der Waals surface area contributed by atoms with E-state index in [0.29, 0.717) is 12.8 Å². The van der Waals surface area contributed by atoms with E-state index in [9.17, 15) is 9.59 Å². The zero-order valence-electron chi connectivity index (χ0n) is 14.9. The Bertz CT molecular complexity index is 693. The van der Waals surface area contributed by atoms with Crippen LogP contribution in [0.1, 0.15) is 51.5 Å². The summed E-state index contributed by atoms with van der Waals surface area (Å²) in [6.07, 6.45) is 3.41. The van der Waals surface area contributed by atoms with Gasteiger partial charge in [0.1, 0.15) is 5.54 Å². The quantitative estimate of drug-likeness (QED) is 0.741. The fourth-order valence-electron chi connectivity index (χ4n) is 3.71. The zero-order chi connectivity index (χ0) is 18.2. The Labute approximate surface area is 153 Å². The standard InChI is InChI=1S/C19H24N2O3S/c1-13(2)24-18(23)20-16(22)19(11-5-4-6-12-19)21(17(20)25)15-9-7-14(3)8-10-15/h7-10,13H,4-6,11-12H2,1-3H3. The van der Waals surface area contributed by atoms with Crippen LogP contribution >= 0.6 is 12.2 Å². The van der Waals surface area contributed by atoms with E-state index in [2.05, 4.69) is 0 Å². The first-order valence-electron chi connectivity index (χ1n) is 8.83. The van der Waals surface area contributed by atoms with Crippen LogP contribution in [-0.4, -0.2) is 33.7 Å². The Morgan fingerprint density at radius 1 is 1.16 bits per heavy atom. The van der Waals surface area contributed by atoms with Crippen LogP contribution in [0, 0.1) is 6.92 Å². The molecule has 6 heteroatoms. The van der Waals surface area contributed by atoms with Crippen molar-refractivity contribution in [2.24, 2.45) is 0 Å². The maximum atomic E-state index is 13.3. The lowest BCUT2D eigenvalue weighted by molar-refractivity contribution is -0.130. The number of imide groups is 1. The second-order valence-electron chi connectivity index (χ2n) is 7.12. The number of aryl methyl sites for hydroxylation is 1. The normalized spacial score (nSPS) is 19.8. The van der Waals surface area contributed by atoms with E-state index in [4.69, 9.17) is 17.0 Å². The van der Waals surface area contributed by atoms with E-state index in [1.54, 1.807) is 13.8 Å². The Kier molecular flexibility index (Phi) is 4.82. The molecule has 2 aliphatic rings. The van der Waals surface area contributed by atoms with Crippen LogP contribution in [0.15, 0.2) is 24.3 Å². The first-order chi connectivity index (χ1) is 11.9. The van der Waals surface area contributed by atoms with Gasteiger partial charge in [-0.1, -0.05) is 37.0 Å². The van der Waals surface area contributed by atoms with Gasteiger partial charge in [0, 0.05) is 5.69 Å². The van der Waals surface area contributed by atoms with E-state index in [1.165, 1.54) is 0 Å². The topological polar surface area (TPSA) is 49.9 Å². The highest BCUT2D eigenvalue weighted by atomic mass is 32.1. The molecule has 1 saturated carbocycles. The lowest BCUT2D eigenvalue weighted by Crippen LogP contribution is -2.51. The van der Waals surface area contributed by atoms with Gasteiger partial charge in [0.25, 0.3) is 5.91 Å². The number of amides is 2. The van der Waals surface area contributed by atoms with E-state index in [-0.39, 0.29) is 17.1 Å². The molecule has 0 atom stereocenters. The minimum Gasteiger partial charge on any atom is -0.446 e. The van der Waals surface area contributed by atoms with Crippen molar-refractivity contribution >= 4 is 35.0 Å². The molecule has 1 aliphatic heterocycles. The molecular weight excluding hydrogens is 336 g/mol. The molecular formula is C19H24N2O3S. The second kappa shape index (κ2) is 6.75. The summed E-state index contributed by atoms with van der Waals surface area (Å²) in [7, 11) is 0. The van der Waals surface area contributed by atoms with Crippen LogP contribution < -0.4 is 4.90 Å². The van der Waals surface area contributed by atoms with Crippen LogP contribution in [0.2, 0.25) is 0 Å². The first-order valence-corrected chi connectivity index (χ1v) is 9.24. The molecule has 1 aliphatic carbocycles. The summed E-state index contributed by atoms with van der Waals surface area (Å²) in [4.78, 5) is 28.7. The van der Waals surface area contributed by atoms with E-state index < -0.39 is 11.6 Å². The third-order valence-corrected chi connectivity index (χ3v) is 5.27. The molecule has 2 fully saturated rings. The molecule has 5 nitrogen and oxygen atoms in total. The minimum atomic E-state index is -0.763. The molecule has 134 valence electrons. The molecule has 0 bridgehead atoms. The van der Waals surface area contributed by atoms with Crippen LogP contribution in [-0.2, 0) is 9.53 Å². The maximum Gasteiger partial charge on any atom is 0.423 e. The minimum absolute atomic E-state index is 0.224. The van der Waals surface area contributed by atoms with Crippen LogP contribution in [0.25, 0.3) is 0 Å². The van der Waals surface area contributed by atoms with Crippen molar-refractivity contribution in [3.8, 4) is 0 Å². The van der Waals surface area contributed by atoms with Gasteiger partial charge in [-0.15, -0.1) is 0 Å². The van der Waals surface area contributed by atoms with Crippen molar-refractivity contribution < 1.29 is 14.3 Å². The fraction of sp³-hybridized carbons (Fsp3) is 0.526. The number of hydrogen-bond acceptors (Lipinski definition) is 4. The Hall–Kier alpha value is -1.95. The molecule has 0 aromatic heterocycles. The number of carbonyl (C=O) groups excluding carboxylic acids is 2. The second-order valence-corrected chi connectivity index (χ2v) is 7.48. The Balaban J connectivity index is 2.04. The van der Waals surface area contributed by atoms with Crippen molar-refractivity contribution in [1.29, 1.82) is 0 Å². The average Bonchev–Trinajstić information content (AvgIpc) is 2.76. The molecule has 2 amide bonds. The van der Waals surface area contributed by atoms with Gasteiger partial charge in [-0.05, 0) is 58.0 Å². The largest absolute Gasteiger partial charge is 0.446 e. The Morgan fingerprint density at radius 2 is 1.76 bits per heavy atom. The highest BCUT2D eigenvalue weighted by molar-refractivity contribution is 7.80. The first kappa shape index (κ1) is 17.9. The smallest absolute Gasteiger partial charge is 0.423 e. The van der Waals surface area contributed by atoms with Gasteiger partial charge < -0.3 is 9.64 Å². The summed E-state index contributed by atoms with van der Waals surface area (Å²) in [6, 6.07) is 7.91. The SMILES string of the molecule is Cc1ccc(N2C(=S)N(C(=O)OC(C)C)C(=O)C23CCCCC3)cc1. The molecule has 0 unspecified atom stereocenters. The highest BCUT2D eigenvalue weighted by Gasteiger charge is 2.58. The van der Waals surface area contributed by atoms with Crippen molar-refractivity contribution in [1.82, 2.24) is 4.90 Å². The monoisotopic (exact) mass is 360 g/mol. The van der Waals surface area contributed by atoms with Crippen molar-refractivity contribution in [2.75, 3.05) is 4.90 Å². The van der Waals surface area contributed by atoms with Crippen molar-refractivity contribution in [3.63, 3.8) is 0 Å². The summed E-state index contributed by atoms with van der Waals surface area (Å²) in [5.41, 5.74) is 1.22. The number of anilines is 1. The predicted octanol–water partition coefficient (Wildman–Crippen LogP) is 4.18. The summed E-state index contributed by atoms with van der Waals surface area (Å²) >= 11 is 5.57. The van der Waals surface area contributed by atoms with Crippen LogP contribution in [0.5, 0.6) is 0 Å². The molecule has 0 radical (unpaired) electrons. The number of hydrogen-bond donors (Lipinski definition) is 0. The van der Waals surface area contributed by atoms with Crippen molar-refractivity contribution in [2.45, 2.75) is 64.5 Å². The molecule has 25 heavy (non-hydrogen) atoms. The summed E-state index contributed by atoms with van der Waals surface area (Å²) in [5, 5.41) is 0.224. The molecule has 1 aromatic rings. The van der Waals surface area contributed by atoms with Crippen molar-refractivity contribution in [3.05, 3.63) is 29.8 Å². The number of ether oxygens (including phenoxy) is 1. The van der Waals surface area contributed by atoms with Gasteiger partial charge in [0.05, 0.1) is 6.10 Å². The summed E-state index contributed by atoms with van der Waals surface area (Å²) in [5.74, 6) is -0.247. The highest BCUT2D eigenvalue weighted by Crippen LogP contribution is 2.43. The van der Waals surface area contributed by atoms with Gasteiger partial charge in [-0.3, -0.25) is 4.79 Å². The molecule has 3 rings (SSSR count). The van der Waals surface area contributed by atoms with Gasteiger partial charge in [-0.25, -0.2) is 4.79 Å². The average molecular weight is 360 g/mol. The Morgan fingerprint density at radius 3 is 2.32 bits per heavy atom. The molecule has 1 spiro atoms. The number of thiocarbonyl (C=S) groups is 1. The lowest BCUT2D eigenvalue weighted by atomic mass is 9.80. The van der Waals surface area contributed by atoms with Gasteiger partial charge >= 0.3 is 6.09 Å². The van der Waals surface area contributed by atoms with Crippen LogP contribution in [0.3, 0.4) is 0 Å². The molecule has 0 N–H and O–H groups in total. The van der Waals surface area contributed by atoms with E-state index >= 15 is 0 Å². The van der Waals surface area contributed by atoms with Gasteiger partial charge in [-0.2, -0.15) is 4.90 Å². The third-order valence-electron chi connectivity index (χ3n) is 4.90. The maximum absolute atomic E-state index is 13.3. The predicted molar refractivity (Wildman–Crippen MR) is 101 cm³/mol. The summed E-state index contributed by atoms with van der Waals surface area (Å²) in [6.45, 7) is 5.53. The van der Waals surface area contributed by atoms with Crippen LogP contribution in [0.4, 0.5) is 10.5 Å². The third kappa shape index (κ3) is 3.03. The van der Waals surface area contributed by atoms with E-state index in [0.717, 1.165) is 35.4 Å². The lowest BCUT2D eigenvalue weighted by Gasteiger charge is -2.39. The number of carbonyl (C=O) groups is 2. The molecule has 1 aromatic carbocycles. The number of nitrogens with zero attached hydrogens (tertiary/aromatic N) is 2.